The van der Waals surface area contributed by atoms with Crippen molar-refractivity contribution in [2.75, 3.05) is 26.2 Å². The summed E-state index contributed by atoms with van der Waals surface area (Å²) in [5.41, 5.74) is 1.97. The number of hydrogen-bond acceptors (Lipinski definition) is 3. The molecule has 1 aromatic carbocycles. The first-order chi connectivity index (χ1) is 10.2. The van der Waals surface area contributed by atoms with Gasteiger partial charge in [0, 0.05) is 13.1 Å². The average Bonchev–Trinajstić information content (AvgIpc) is 2.82. The number of nitrogens with one attached hydrogen (secondary N) is 1. The second-order valence-corrected chi connectivity index (χ2v) is 7.02. The van der Waals surface area contributed by atoms with Gasteiger partial charge in [0.2, 0.25) is 0 Å². The van der Waals surface area contributed by atoms with Crippen molar-refractivity contribution >= 4 is 0 Å². The fraction of sp³-hybridized carbons (Fsp3) is 0.667. The number of nitrogens with zero attached hydrogens (tertiary/aromatic N) is 1. The maximum Gasteiger partial charge on any atom is 0.120 e. The number of likely N-dealkylation sites (tertiary alicyclic amines) is 1. The minimum Gasteiger partial charge on any atom is -0.491 e. The van der Waals surface area contributed by atoms with Crippen LogP contribution in [0.4, 0.5) is 0 Å². The molecule has 0 unspecified atom stereocenters. The fourth-order valence-corrected chi connectivity index (χ4v) is 3.78. The Bertz CT molecular complexity index is 466. The van der Waals surface area contributed by atoms with E-state index in [4.69, 9.17) is 4.74 Å². The summed E-state index contributed by atoms with van der Waals surface area (Å²) in [5.74, 6) is 0.998. The molecule has 3 rings (SSSR count). The van der Waals surface area contributed by atoms with Gasteiger partial charge in [0.05, 0.1) is 6.10 Å². The largest absolute Gasteiger partial charge is 0.491 e. The van der Waals surface area contributed by atoms with Crippen LogP contribution in [0.5, 0.6) is 5.75 Å². The van der Waals surface area contributed by atoms with E-state index in [-0.39, 0.29) is 6.10 Å². The minimum absolute atomic E-state index is 0.241. The van der Waals surface area contributed by atoms with Crippen molar-refractivity contribution < 1.29 is 4.74 Å². The predicted octanol–water partition coefficient (Wildman–Crippen LogP) is 3.05. The van der Waals surface area contributed by atoms with E-state index in [9.17, 15) is 0 Å². The maximum absolute atomic E-state index is 5.80. The molecule has 21 heavy (non-hydrogen) atoms. The Hall–Kier alpha value is -1.06. The molecule has 0 aromatic heterocycles. The van der Waals surface area contributed by atoms with Crippen molar-refractivity contribution in [3.63, 3.8) is 0 Å². The summed E-state index contributed by atoms with van der Waals surface area (Å²) >= 11 is 0. The maximum atomic E-state index is 5.80. The third-order valence-corrected chi connectivity index (χ3v) is 4.86. The second-order valence-electron chi connectivity index (χ2n) is 7.02. The van der Waals surface area contributed by atoms with Crippen LogP contribution in [0.15, 0.2) is 24.3 Å². The highest BCUT2D eigenvalue weighted by atomic mass is 16.5. The van der Waals surface area contributed by atoms with Crippen LogP contribution in [-0.2, 0) is 6.54 Å². The molecule has 1 spiro atoms. The van der Waals surface area contributed by atoms with E-state index in [0.29, 0.717) is 5.41 Å². The molecular weight excluding hydrogens is 260 g/mol. The summed E-state index contributed by atoms with van der Waals surface area (Å²) < 4.78 is 5.80. The topological polar surface area (TPSA) is 24.5 Å². The van der Waals surface area contributed by atoms with Gasteiger partial charge in [-0.2, -0.15) is 0 Å². The monoisotopic (exact) mass is 288 g/mol. The van der Waals surface area contributed by atoms with Gasteiger partial charge in [-0.3, -0.25) is 4.90 Å². The van der Waals surface area contributed by atoms with Crippen molar-refractivity contribution in [1.29, 1.82) is 0 Å². The Balaban J connectivity index is 1.59. The van der Waals surface area contributed by atoms with E-state index in [1.54, 1.807) is 0 Å². The van der Waals surface area contributed by atoms with E-state index < -0.39 is 0 Å². The normalized spacial score (nSPS) is 22.0. The predicted molar refractivity (Wildman–Crippen MR) is 86.6 cm³/mol. The van der Waals surface area contributed by atoms with Gasteiger partial charge in [0.15, 0.2) is 0 Å². The molecule has 3 heteroatoms. The van der Waals surface area contributed by atoms with Crippen molar-refractivity contribution in [3.05, 3.63) is 29.8 Å². The highest BCUT2D eigenvalue weighted by molar-refractivity contribution is 5.28. The van der Waals surface area contributed by atoms with Crippen LogP contribution in [0, 0.1) is 5.41 Å². The van der Waals surface area contributed by atoms with Crippen molar-refractivity contribution in [3.8, 4) is 5.75 Å². The standard InChI is InChI=1S/C18H28N2O/c1-15(2)21-17-5-3-4-16(12-17)13-20-11-8-18(14-20)6-9-19-10-7-18/h3-5,12,15,19H,6-11,13-14H2,1-2H3. The molecule has 2 fully saturated rings. The minimum atomic E-state index is 0.241. The van der Waals surface area contributed by atoms with E-state index in [1.807, 2.05) is 0 Å². The summed E-state index contributed by atoms with van der Waals surface area (Å²) in [6, 6.07) is 8.60. The molecule has 0 aliphatic carbocycles. The summed E-state index contributed by atoms with van der Waals surface area (Å²) in [5, 5.41) is 3.49. The highest BCUT2D eigenvalue weighted by Gasteiger charge is 2.38. The molecule has 2 heterocycles. The van der Waals surface area contributed by atoms with E-state index in [0.717, 1.165) is 12.3 Å². The van der Waals surface area contributed by atoms with E-state index in [2.05, 4.69) is 48.3 Å². The van der Waals surface area contributed by atoms with Crippen LogP contribution in [0.3, 0.4) is 0 Å². The van der Waals surface area contributed by atoms with Crippen LogP contribution >= 0.6 is 0 Å². The number of benzene rings is 1. The first kappa shape index (κ1) is 14.9. The van der Waals surface area contributed by atoms with Gasteiger partial charge in [-0.05, 0) is 75.9 Å². The van der Waals surface area contributed by atoms with Crippen molar-refractivity contribution in [2.45, 2.75) is 45.8 Å². The molecule has 0 atom stereocenters. The Morgan fingerprint density at radius 1 is 1.24 bits per heavy atom. The lowest BCUT2D eigenvalue weighted by molar-refractivity contribution is 0.193. The zero-order valence-electron chi connectivity index (χ0n) is 13.4. The smallest absolute Gasteiger partial charge is 0.120 e. The number of hydrogen-bond donors (Lipinski definition) is 1. The van der Waals surface area contributed by atoms with Gasteiger partial charge < -0.3 is 10.1 Å². The molecule has 0 bridgehead atoms. The summed E-state index contributed by atoms with van der Waals surface area (Å²) in [4.78, 5) is 2.62. The van der Waals surface area contributed by atoms with Crippen LogP contribution in [0.25, 0.3) is 0 Å². The quantitative estimate of drug-likeness (QED) is 0.921. The van der Waals surface area contributed by atoms with Crippen molar-refractivity contribution in [1.82, 2.24) is 10.2 Å². The number of rotatable bonds is 4. The van der Waals surface area contributed by atoms with Crippen LogP contribution in [0.1, 0.15) is 38.7 Å². The highest BCUT2D eigenvalue weighted by Crippen LogP contribution is 2.39. The van der Waals surface area contributed by atoms with Crippen molar-refractivity contribution in [2.24, 2.45) is 5.41 Å². The molecule has 0 saturated carbocycles. The van der Waals surface area contributed by atoms with Gasteiger partial charge in [-0.15, -0.1) is 0 Å². The van der Waals surface area contributed by atoms with Gasteiger partial charge in [-0.1, -0.05) is 12.1 Å². The summed E-state index contributed by atoms with van der Waals surface area (Å²) in [6.07, 6.45) is 4.31. The molecule has 2 saturated heterocycles. The van der Waals surface area contributed by atoms with Gasteiger partial charge in [-0.25, -0.2) is 0 Å². The molecule has 2 aliphatic rings. The number of ether oxygens (including phenoxy) is 1. The number of piperidine rings is 1. The Morgan fingerprint density at radius 3 is 2.81 bits per heavy atom. The SMILES string of the molecule is CC(C)Oc1cccc(CN2CCC3(CCNCC3)C2)c1. The molecule has 0 radical (unpaired) electrons. The van der Waals surface area contributed by atoms with Gasteiger partial charge >= 0.3 is 0 Å². The van der Waals surface area contributed by atoms with Gasteiger partial charge in [0.1, 0.15) is 5.75 Å². The molecule has 0 amide bonds. The van der Waals surface area contributed by atoms with Crippen LogP contribution < -0.4 is 10.1 Å². The molecule has 1 aromatic rings. The Kier molecular flexibility index (Phi) is 4.51. The first-order valence-corrected chi connectivity index (χ1v) is 8.34. The Morgan fingerprint density at radius 2 is 2.05 bits per heavy atom. The Labute approximate surface area is 128 Å². The molecule has 116 valence electrons. The summed E-state index contributed by atoms with van der Waals surface area (Å²) in [7, 11) is 0. The molecule has 1 N–H and O–H groups in total. The molecule has 2 aliphatic heterocycles. The zero-order chi connectivity index (χ0) is 14.7. The van der Waals surface area contributed by atoms with E-state index in [1.165, 1.54) is 51.0 Å². The fourth-order valence-electron chi connectivity index (χ4n) is 3.78. The lowest BCUT2D eigenvalue weighted by atomic mass is 9.78. The lowest BCUT2D eigenvalue weighted by Crippen LogP contribution is -2.38. The molecule has 3 nitrogen and oxygen atoms in total. The third kappa shape index (κ3) is 3.78. The van der Waals surface area contributed by atoms with Crippen LogP contribution in [-0.4, -0.2) is 37.2 Å². The van der Waals surface area contributed by atoms with Crippen LogP contribution in [0.2, 0.25) is 0 Å². The average molecular weight is 288 g/mol. The molecular formula is C18H28N2O. The first-order valence-electron chi connectivity index (χ1n) is 8.34. The van der Waals surface area contributed by atoms with Gasteiger partial charge in [0.25, 0.3) is 0 Å². The summed E-state index contributed by atoms with van der Waals surface area (Å²) in [6.45, 7) is 10.1. The second kappa shape index (κ2) is 6.37. The zero-order valence-corrected chi connectivity index (χ0v) is 13.4. The van der Waals surface area contributed by atoms with E-state index >= 15 is 0 Å². The third-order valence-electron chi connectivity index (χ3n) is 4.86. The lowest BCUT2D eigenvalue weighted by Gasteiger charge is -2.34.